The molecule has 5 rings (SSSR count). The third kappa shape index (κ3) is 4.20. The van der Waals surface area contributed by atoms with Crippen molar-refractivity contribution < 1.29 is 22.8 Å². The van der Waals surface area contributed by atoms with Crippen LogP contribution in [0.5, 0.6) is 0 Å². The quantitative estimate of drug-likeness (QED) is 0.530. The molecule has 0 atom stereocenters. The molecule has 2 saturated heterocycles. The number of piperazine rings is 1. The van der Waals surface area contributed by atoms with Gasteiger partial charge in [0.05, 0.1) is 5.56 Å². The number of alkyl halides is 3. The summed E-state index contributed by atoms with van der Waals surface area (Å²) in [5, 5.41) is 2.36. The molecule has 2 amide bonds. The largest absolute Gasteiger partial charge is 0.418 e. The lowest BCUT2D eigenvalue weighted by atomic mass is 10.0. The number of fused-ring (bicyclic) bond motifs is 1. The maximum absolute atomic E-state index is 14.0. The van der Waals surface area contributed by atoms with Gasteiger partial charge in [-0.3, -0.25) is 14.5 Å². The number of rotatable bonds is 4. The van der Waals surface area contributed by atoms with Crippen molar-refractivity contribution in [2.24, 2.45) is 0 Å². The van der Waals surface area contributed by atoms with E-state index in [0.717, 1.165) is 16.9 Å². The summed E-state index contributed by atoms with van der Waals surface area (Å²) < 4.78 is 42.3. The van der Waals surface area contributed by atoms with Crippen LogP contribution in [0, 0.1) is 0 Å². The number of aromatic nitrogens is 1. The third-order valence-corrected chi connectivity index (χ3v) is 8.44. The first-order chi connectivity index (χ1) is 16.3. The van der Waals surface area contributed by atoms with Crippen LogP contribution in [0.2, 0.25) is 0 Å². The average Bonchev–Trinajstić information content (AvgIpc) is 3.45. The minimum Gasteiger partial charge on any atom is -0.335 e. The van der Waals surface area contributed by atoms with Gasteiger partial charge in [0.25, 0.3) is 11.8 Å². The van der Waals surface area contributed by atoms with E-state index in [9.17, 15) is 22.8 Å². The Morgan fingerprint density at radius 1 is 1.09 bits per heavy atom. The SMILES string of the molecule is CCc1ccc2sc(C(=O)N3CC(N4CCN(C(=O)c5nccs5)CC4)C3)c(C(F)(F)F)c2c1. The van der Waals surface area contributed by atoms with Gasteiger partial charge in [0, 0.05) is 67.0 Å². The molecule has 1 aromatic carbocycles. The van der Waals surface area contributed by atoms with E-state index >= 15 is 0 Å². The number of likely N-dealkylation sites (tertiary alicyclic amines) is 1. The fourth-order valence-corrected chi connectivity index (χ4v) is 6.32. The van der Waals surface area contributed by atoms with Gasteiger partial charge in [-0.25, -0.2) is 4.98 Å². The van der Waals surface area contributed by atoms with Gasteiger partial charge < -0.3 is 9.80 Å². The fourth-order valence-electron chi connectivity index (χ4n) is 4.55. The van der Waals surface area contributed by atoms with Crippen LogP contribution in [0.25, 0.3) is 10.1 Å². The van der Waals surface area contributed by atoms with E-state index < -0.39 is 17.6 Å². The van der Waals surface area contributed by atoms with Crippen LogP contribution in [0.1, 0.15) is 37.5 Å². The van der Waals surface area contributed by atoms with Gasteiger partial charge in [-0.15, -0.1) is 22.7 Å². The number of thiophene rings is 1. The summed E-state index contributed by atoms with van der Waals surface area (Å²) in [7, 11) is 0. The van der Waals surface area contributed by atoms with Crippen LogP contribution in [0.15, 0.2) is 29.8 Å². The topological polar surface area (TPSA) is 56.8 Å². The van der Waals surface area contributed by atoms with Crippen molar-refractivity contribution in [1.82, 2.24) is 19.7 Å². The molecule has 0 spiro atoms. The second kappa shape index (κ2) is 8.94. The highest BCUT2D eigenvalue weighted by atomic mass is 32.1. The molecule has 2 aromatic heterocycles. The number of carbonyl (C=O) groups is 2. The van der Waals surface area contributed by atoms with E-state index in [1.54, 1.807) is 28.6 Å². The van der Waals surface area contributed by atoms with Gasteiger partial charge in [-0.1, -0.05) is 13.0 Å². The van der Waals surface area contributed by atoms with E-state index in [2.05, 4.69) is 9.88 Å². The lowest BCUT2D eigenvalue weighted by Crippen LogP contribution is -2.64. The molecule has 2 aliphatic heterocycles. The first kappa shape index (κ1) is 23.3. The third-order valence-electron chi connectivity index (χ3n) is 6.52. The zero-order valence-electron chi connectivity index (χ0n) is 18.5. The van der Waals surface area contributed by atoms with Gasteiger partial charge in [0.15, 0.2) is 5.01 Å². The Balaban J connectivity index is 1.25. The first-order valence-corrected chi connectivity index (χ1v) is 12.8. The van der Waals surface area contributed by atoms with Gasteiger partial charge in [-0.05, 0) is 24.1 Å². The predicted molar refractivity (Wildman–Crippen MR) is 125 cm³/mol. The summed E-state index contributed by atoms with van der Waals surface area (Å²) >= 11 is 2.24. The second-order valence-corrected chi connectivity index (χ2v) is 10.5. The number of amides is 2. The van der Waals surface area contributed by atoms with Crippen LogP contribution in [-0.2, 0) is 12.6 Å². The van der Waals surface area contributed by atoms with Crippen molar-refractivity contribution in [3.8, 4) is 0 Å². The number of nitrogens with zero attached hydrogens (tertiary/aromatic N) is 4. The average molecular weight is 509 g/mol. The molecule has 0 radical (unpaired) electrons. The molecular weight excluding hydrogens is 485 g/mol. The molecule has 0 aliphatic carbocycles. The highest BCUT2D eigenvalue weighted by Crippen LogP contribution is 2.43. The molecule has 2 fully saturated rings. The number of hydrogen-bond donors (Lipinski definition) is 0. The van der Waals surface area contributed by atoms with E-state index in [4.69, 9.17) is 0 Å². The standard InChI is InChI=1S/C23H23F3N4O2S2/c1-2-14-3-4-17-16(11-14)18(23(24,25)26)19(34-17)21(31)30-12-15(13-30)28-6-8-29(9-7-28)22(32)20-27-5-10-33-20/h3-5,10-11,15H,2,6-9,12-13H2,1H3. The van der Waals surface area contributed by atoms with E-state index in [0.29, 0.717) is 55.4 Å². The number of halogens is 3. The van der Waals surface area contributed by atoms with E-state index in [1.165, 1.54) is 16.2 Å². The highest BCUT2D eigenvalue weighted by molar-refractivity contribution is 7.21. The normalized spacial score (nSPS) is 17.9. The minimum absolute atomic E-state index is 0.0734. The zero-order chi connectivity index (χ0) is 24.0. The molecule has 4 heterocycles. The Morgan fingerprint density at radius 3 is 2.44 bits per heavy atom. The molecule has 2 aliphatic rings. The fraction of sp³-hybridized carbons (Fsp3) is 0.435. The smallest absolute Gasteiger partial charge is 0.335 e. The van der Waals surface area contributed by atoms with Crippen LogP contribution in [-0.4, -0.2) is 76.8 Å². The van der Waals surface area contributed by atoms with Crippen molar-refractivity contribution >= 4 is 44.6 Å². The predicted octanol–water partition coefficient (Wildman–Crippen LogP) is 4.22. The number of carbonyl (C=O) groups excluding carboxylic acids is 2. The first-order valence-electron chi connectivity index (χ1n) is 11.1. The van der Waals surface area contributed by atoms with Crippen LogP contribution >= 0.6 is 22.7 Å². The Hall–Kier alpha value is -2.50. The maximum Gasteiger partial charge on any atom is 0.418 e. The van der Waals surface area contributed by atoms with Crippen molar-refractivity contribution in [2.45, 2.75) is 25.6 Å². The summed E-state index contributed by atoms with van der Waals surface area (Å²) in [5.41, 5.74) is -0.00291. The van der Waals surface area contributed by atoms with Crippen LogP contribution in [0.3, 0.4) is 0 Å². The van der Waals surface area contributed by atoms with Crippen LogP contribution in [0.4, 0.5) is 13.2 Å². The molecule has 0 N–H and O–H groups in total. The Labute approximate surface area is 202 Å². The number of hydrogen-bond acceptors (Lipinski definition) is 6. The second-order valence-electron chi connectivity index (χ2n) is 8.52. The molecule has 0 bridgehead atoms. The zero-order valence-corrected chi connectivity index (χ0v) is 20.1. The number of aryl methyl sites for hydroxylation is 1. The summed E-state index contributed by atoms with van der Waals surface area (Å²) in [6.45, 7) is 5.15. The maximum atomic E-state index is 14.0. The molecule has 0 unspecified atom stereocenters. The molecule has 11 heteroatoms. The summed E-state index contributed by atoms with van der Waals surface area (Å²) in [6.07, 6.45) is -2.36. The minimum atomic E-state index is -4.60. The monoisotopic (exact) mass is 508 g/mol. The van der Waals surface area contributed by atoms with Crippen molar-refractivity contribution in [1.29, 1.82) is 0 Å². The molecule has 0 saturated carbocycles. The number of benzene rings is 1. The molecule has 34 heavy (non-hydrogen) atoms. The summed E-state index contributed by atoms with van der Waals surface area (Å²) in [5.74, 6) is -0.629. The van der Waals surface area contributed by atoms with Gasteiger partial charge in [-0.2, -0.15) is 13.2 Å². The molecule has 180 valence electrons. The summed E-state index contributed by atoms with van der Waals surface area (Å²) in [4.78, 5) is 34.9. The van der Waals surface area contributed by atoms with Crippen molar-refractivity contribution in [3.05, 3.63) is 50.8 Å². The van der Waals surface area contributed by atoms with Gasteiger partial charge >= 0.3 is 6.18 Å². The molecule has 3 aromatic rings. The van der Waals surface area contributed by atoms with Gasteiger partial charge in [0.1, 0.15) is 4.88 Å². The Kier molecular flexibility index (Phi) is 6.11. The Morgan fingerprint density at radius 2 is 1.82 bits per heavy atom. The molecular formula is C23H23F3N4O2S2. The van der Waals surface area contributed by atoms with Crippen LogP contribution < -0.4 is 0 Å². The van der Waals surface area contributed by atoms with Crippen molar-refractivity contribution in [2.75, 3.05) is 39.3 Å². The van der Waals surface area contributed by atoms with Crippen molar-refractivity contribution in [3.63, 3.8) is 0 Å². The highest BCUT2D eigenvalue weighted by Gasteiger charge is 2.43. The van der Waals surface area contributed by atoms with E-state index in [-0.39, 0.29) is 22.2 Å². The van der Waals surface area contributed by atoms with E-state index in [1.807, 2.05) is 13.0 Å². The van der Waals surface area contributed by atoms with Gasteiger partial charge in [0.2, 0.25) is 0 Å². The summed E-state index contributed by atoms with van der Waals surface area (Å²) in [6, 6.07) is 5.13. The molecule has 6 nitrogen and oxygen atoms in total. The lowest BCUT2D eigenvalue weighted by molar-refractivity contribution is -0.136. The number of thiazole rings is 1. The lowest BCUT2D eigenvalue weighted by Gasteiger charge is -2.48. The Bertz CT molecular complexity index is 1210.